The summed E-state index contributed by atoms with van der Waals surface area (Å²) in [5.41, 5.74) is 0.949. The second kappa shape index (κ2) is 7.27. The highest BCUT2D eigenvalue weighted by Crippen LogP contribution is 2.24. The minimum Gasteiger partial charge on any atom is -0.478 e. The van der Waals surface area contributed by atoms with Crippen molar-refractivity contribution in [2.45, 2.75) is 39.2 Å². The summed E-state index contributed by atoms with van der Waals surface area (Å²) in [6.07, 6.45) is 2.01. The van der Waals surface area contributed by atoms with Crippen molar-refractivity contribution in [3.05, 3.63) is 28.8 Å². The van der Waals surface area contributed by atoms with Crippen molar-refractivity contribution in [2.75, 3.05) is 7.11 Å². The summed E-state index contributed by atoms with van der Waals surface area (Å²) in [6.45, 7) is 3.98. The lowest BCUT2D eigenvalue weighted by Crippen LogP contribution is -2.28. The molecule has 0 radical (unpaired) electrons. The van der Waals surface area contributed by atoms with Crippen LogP contribution in [0.25, 0.3) is 0 Å². The predicted molar refractivity (Wildman–Crippen MR) is 72.1 cm³/mol. The number of halogens is 1. The monoisotopic (exact) mass is 270 g/mol. The molecule has 0 N–H and O–H groups in total. The number of rotatable bonds is 6. The van der Waals surface area contributed by atoms with E-state index in [1.807, 2.05) is 13.0 Å². The lowest BCUT2D eigenvalue weighted by molar-refractivity contribution is -0.149. The fraction of sp³-hybridized carbons (Fsp3) is 0.500. The van der Waals surface area contributed by atoms with Crippen LogP contribution in [0.15, 0.2) is 18.2 Å². The maximum atomic E-state index is 11.6. The van der Waals surface area contributed by atoms with Gasteiger partial charge in [0.2, 0.25) is 0 Å². The Bertz CT molecular complexity index is 404. The molecule has 0 aliphatic rings. The lowest BCUT2D eigenvalue weighted by Gasteiger charge is -2.18. The van der Waals surface area contributed by atoms with Crippen LogP contribution in [0.3, 0.4) is 0 Å². The van der Waals surface area contributed by atoms with Crippen LogP contribution in [-0.4, -0.2) is 19.2 Å². The summed E-state index contributed by atoms with van der Waals surface area (Å²) in [4.78, 5) is 11.6. The summed E-state index contributed by atoms with van der Waals surface area (Å²) in [5, 5.41) is 0.592. The Hall–Kier alpha value is -1.22. The fourth-order valence-electron chi connectivity index (χ4n) is 1.60. The van der Waals surface area contributed by atoms with Gasteiger partial charge in [-0.3, -0.25) is 0 Å². The topological polar surface area (TPSA) is 35.5 Å². The average molecular weight is 271 g/mol. The first-order valence-corrected chi connectivity index (χ1v) is 6.47. The molecule has 0 aliphatic heterocycles. The van der Waals surface area contributed by atoms with Crippen LogP contribution in [0.4, 0.5) is 0 Å². The van der Waals surface area contributed by atoms with E-state index < -0.39 is 6.10 Å². The average Bonchev–Trinajstić information content (AvgIpc) is 2.37. The van der Waals surface area contributed by atoms with Crippen molar-refractivity contribution < 1.29 is 14.3 Å². The molecular weight excluding hydrogens is 252 g/mol. The normalized spacial score (nSPS) is 12.0. The molecule has 3 nitrogen and oxygen atoms in total. The molecule has 0 heterocycles. The number of ether oxygens (including phenoxy) is 2. The first-order valence-electron chi connectivity index (χ1n) is 6.09. The number of unbranched alkanes of at least 4 members (excludes halogenated alkanes) is 1. The molecule has 0 amide bonds. The summed E-state index contributed by atoms with van der Waals surface area (Å²) in [5.74, 6) is 0.289. The van der Waals surface area contributed by atoms with Gasteiger partial charge in [-0.15, -0.1) is 0 Å². The van der Waals surface area contributed by atoms with E-state index in [1.54, 1.807) is 12.1 Å². The number of benzene rings is 1. The van der Waals surface area contributed by atoms with Crippen LogP contribution in [0.5, 0.6) is 5.75 Å². The number of carbonyl (C=O) groups is 1. The van der Waals surface area contributed by atoms with Crippen molar-refractivity contribution >= 4 is 17.6 Å². The van der Waals surface area contributed by atoms with Crippen LogP contribution < -0.4 is 4.74 Å². The summed E-state index contributed by atoms with van der Waals surface area (Å²) >= 11 is 5.92. The van der Waals surface area contributed by atoms with Crippen LogP contribution in [0.2, 0.25) is 5.02 Å². The van der Waals surface area contributed by atoms with E-state index in [1.165, 1.54) is 7.11 Å². The van der Waals surface area contributed by atoms with Crippen LogP contribution in [0.1, 0.15) is 31.7 Å². The van der Waals surface area contributed by atoms with E-state index in [4.69, 9.17) is 21.1 Å². The Morgan fingerprint density at radius 2 is 2.17 bits per heavy atom. The fourth-order valence-corrected chi connectivity index (χ4v) is 1.76. The smallest absolute Gasteiger partial charge is 0.347 e. The molecule has 18 heavy (non-hydrogen) atoms. The number of hydrogen-bond acceptors (Lipinski definition) is 3. The van der Waals surface area contributed by atoms with E-state index >= 15 is 0 Å². The minimum atomic E-state index is -0.563. The Kier molecular flexibility index (Phi) is 5.99. The van der Waals surface area contributed by atoms with Crippen molar-refractivity contribution in [3.63, 3.8) is 0 Å². The zero-order valence-corrected chi connectivity index (χ0v) is 11.8. The quantitative estimate of drug-likeness (QED) is 0.739. The molecule has 0 saturated carbocycles. The number of hydrogen-bond donors (Lipinski definition) is 0. The third-order valence-corrected chi connectivity index (χ3v) is 2.94. The molecule has 4 heteroatoms. The standard InChI is InChI=1S/C14H19ClO3/c1-4-5-6-12(14(16)17-3)18-13-9-11(15)8-7-10(13)2/h7-9,12H,4-6H2,1-3H3. The highest BCUT2D eigenvalue weighted by molar-refractivity contribution is 6.30. The van der Waals surface area contributed by atoms with Crippen LogP contribution >= 0.6 is 11.6 Å². The third kappa shape index (κ3) is 4.22. The maximum Gasteiger partial charge on any atom is 0.347 e. The van der Waals surface area contributed by atoms with E-state index in [0.717, 1.165) is 18.4 Å². The summed E-state index contributed by atoms with van der Waals surface area (Å²) in [7, 11) is 1.37. The van der Waals surface area contributed by atoms with E-state index in [2.05, 4.69) is 6.92 Å². The largest absolute Gasteiger partial charge is 0.478 e. The number of methoxy groups -OCH3 is 1. The zero-order valence-electron chi connectivity index (χ0n) is 11.0. The lowest BCUT2D eigenvalue weighted by atomic mass is 10.1. The Morgan fingerprint density at radius 3 is 2.78 bits per heavy atom. The van der Waals surface area contributed by atoms with Crippen LogP contribution in [0, 0.1) is 6.92 Å². The highest BCUT2D eigenvalue weighted by Gasteiger charge is 2.21. The number of carbonyl (C=O) groups excluding carboxylic acids is 1. The van der Waals surface area contributed by atoms with Crippen molar-refractivity contribution in [1.29, 1.82) is 0 Å². The molecular formula is C14H19ClO3. The van der Waals surface area contributed by atoms with Gasteiger partial charge in [-0.05, 0) is 37.5 Å². The second-order valence-corrected chi connectivity index (χ2v) is 4.62. The van der Waals surface area contributed by atoms with Gasteiger partial charge in [0.25, 0.3) is 0 Å². The third-order valence-electron chi connectivity index (χ3n) is 2.70. The van der Waals surface area contributed by atoms with E-state index in [0.29, 0.717) is 17.2 Å². The predicted octanol–water partition coefficient (Wildman–Crippen LogP) is 3.76. The van der Waals surface area contributed by atoms with Gasteiger partial charge < -0.3 is 9.47 Å². The molecule has 100 valence electrons. The van der Waals surface area contributed by atoms with Gasteiger partial charge in [-0.25, -0.2) is 4.79 Å². The summed E-state index contributed by atoms with van der Waals surface area (Å²) in [6, 6.07) is 5.38. The molecule has 0 fully saturated rings. The first-order chi connectivity index (χ1) is 8.58. The molecule has 1 unspecified atom stereocenters. The zero-order chi connectivity index (χ0) is 13.5. The maximum absolute atomic E-state index is 11.6. The number of aryl methyl sites for hydroxylation is 1. The highest BCUT2D eigenvalue weighted by atomic mass is 35.5. The van der Waals surface area contributed by atoms with Gasteiger partial charge in [-0.2, -0.15) is 0 Å². The van der Waals surface area contributed by atoms with Gasteiger partial charge in [0, 0.05) is 5.02 Å². The second-order valence-electron chi connectivity index (χ2n) is 4.18. The molecule has 1 atom stereocenters. The summed E-state index contributed by atoms with van der Waals surface area (Å²) < 4.78 is 10.5. The minimum absolute atomic E-state index is 0.345. The molecule has 0 saturated heterocycles. The van der Waals surface area contributed by atoms with Gasteiger partial charge >= 0.3 is 5.97 Å². The Labute approximate surface area is 113 Å². The molecule has 0 bridgehead atoms. The molecule has 1 aromatic carbocycles. The Morgan fingerprint density at radius 1 is 1.44 bits per heavy atom. The van der Waals surface area contributed by atoms with Crippen molar-refractivity contribution in [2.24, 2.45) is 0 Å². The SMILES string of the molecule is CCCCC(Oc1cc(Cl)ccc1C)C(=O)OC. The van der Waals surface area contributed by atoms with Gasteiger partial charge in [0.15, 0.2) is 6.10 Å². The van der Waals surface area contributed by atoms with Gasteiger partial charge in [0.05, 0.1) is 7.11 Å². The van der Waals surface area contributed by atoms with Crippen molar-refractivity contribution in [1.82, 2.24) is 0 Å². The number of esters is 1. The molecule has 1 aromatic rings. The van der Waals surface area contributed by atoms with E-state index in [9.17, 15) is 4.79 Å². The molecule has 0 aliphatic carbocycles. The Balaban J connectivity index is 2.81. The van der Waals surface area contributed by atoms with Gasteiger partial charge in [-0.1, -0.05) is 31.0 Å². The molecule has 1 rings (SSSR count). The molecule has 0 spiro atoms. The van der Waals surface area contributed by atoms with Gasteiger partial charge in [0.1, 0.15) is 5.75 Å². The first kappa shape index (κ1) is 14.8. The van der Waals surface area contributed by atoms with Crippen LogP contribution in [-0.2, 0) is 9.53 Å². The van der Waals surface area contributed by atoms with E-state index in [-0.39, 0.29) is 5.97 Å². The van der Waals surface area contributed by atoms with Crippen molar-refractivity contribution in [3.8, 4) is 5.75 Å². The molecule has 0 aromatic heterocycles.